The van der Waals surface area contributed by atoms with E-state index >= 15 is 0 Å². The topological polar surface area (TPSA) is 134 Å². The fraction of sp³-hybridized carbons (Fsp3) is 0.250. The number of hydrogen-bond donors (Lipinski definition) is 1. The molecule has 0 fully saturated rings. The molecule has 0 saturated heterocycles. The van der Waals surface area contributed by atoms with Gasteiger partial charge in [-0.15, -0.1) is 0 Å². The Morgan fingerprint density at radius 2 is 1.90 bits per heavy atom. The van der Waals surface area contributed by atoms with Gasteiger partial charge >= 0.3 is 11.9 Å². The number of halogens is 3. The Bertz CT molecular complexity index is 1300. The minimum atomic E-state index is -5.00. The van der Waals surface area contributed by atoms with Crippen LogP contribution in [0.25, 0.3) is 11.2 Å². The van der Waals surface area contributed by atoms with Crippen molar-refractivity contribution in [2.24, 2.45) is 14.1 Å². The molecule has 30 heavy (non-hydrogen) atoms. The van der Waals surface area contributed by atoms with Crippen molar-refractivity contribution in [2.75, 3.05) is 5.32 Å². The number of imidazole rings is 1. The van der Waals surface area contributed by atoms with Crippen LogP contribution in [-0.4, -0.2) is 29.5 Å². The van der Waals surface area contributed by atoms with E-state index in [0.29, 0.717) is 12.1 Å². The van der Waals surface area contributed by atoms with Gasteiger partial charge in [0.2, 0.25) is 5.91 Å². The molecule has 2 aromatic heterocycles. The molecule has 0 aliphatic rings. The normalized spacial score (nSPS) is 11.6. The summed E-state index contributed by atoms with van der Waals surface area (Å²) in [5.74, 6) is -0.813. The van der Waals surface area contributed by atoms with Crippen molar-refractivity contribution >= 4 is 28.4 Å². The van der Waals surface area contributed by atoms with Crippen LogP contribution in [0.5, 0.6) is 0 Å². The highest BCUT2D eigenvalue weighted by Gasteiger charge is 2.38. The number of fused-ring (bicyclic) bond motifs is 1. The van der Waals surface area contributed by atoms with Gasteiger partial charge < -0.3 is 9.88 Å². The van der Waals surface area contributed by atoms with Crippen LogP contribution in [0.3, 0.4) is 0 Å². The van der Waals surface area contributed by atoms with E-state index in [-0.39, 0.29) is 16.9 Å². The number of aryl methyl sites for hydroxylation is 1. The summed E-state index contributed by atoms with van der Waals surface area (Å²) < 4.78 is 42.3. The molecule has 1 N–H and O–H groups in total. The number of amides is 1. The number of anilines is 1. The molecule has 0 aliphatic heterocycles. The van der Waals surface area contributed by atoms with Crippen molar-refractivity contribution in [2.45, 2.75) is 12.7 Å². The zero-order chi connectivity index (χ0) is 22.4. The molecule has 0 spiro atoms. The van der Waals surface area contributed by atoms with Gasteiger partial charge in [0.15, 0.2) is 11.2 Å². The number of rotatable bonds is 4. The van der Waals surface area contributed by atoms with Gasteiger partial charge in [0.25, 0.3) is 11.2 Å². The summed E-state index contributed by atoms with van der Waals surface area (Å²) in [5.41, 5.74) is -4.31. The van der Waals surface area contributed by atoms with Gasteiger partial charge in [0, 0.05) is 25.8 Å². The summed E-state index contributed by atoms with van der Waals surface area (Å²) in [5, 5.41) is 13.0. The van der Waals surface area contributed by atoms with Crippen LogP contribution in [0.4, 0.5) is 24.5 Å². The molecular formula is C16H13F3N6O5. The predicted octanol–water partition coefficient (Wildman–Crippen LogP) is 0.999. The third-order valence-corrected chi connectivity index (χ3v) is 4.31. The number of hydrogen-bond acceptors (Lipinski definition) is 6. The Kier molecular flexibility index (Phi) is 4.93. The van der Waals surface area contributed by atoms with Crippen LogP contribution in [0, 0.1) is 10.1 Å². The molecule has 2 heterocycles. The van der Waals surface area contributed by atoms with Crippen molar-refractivity contribution in [3.05, 3.63) is 61.0 Å². The summed E-state index contributed by atoms with van der Waals surface area (Å²) in [6, 6.07) is 2.04. The Hall–Kier alpha value is -3.97. The number of nitrogens with zero attached hydrogens (tertiary/aromatic N) is 5. The van der Waals surface area contributed by atoms with Gasteiger partial charge in [-0.3, -0.25) is 28.8 Å². The first-order valence-corrected chi connectivity index (χ1v) is 8.18. The Morgan fingerprint density at radius 3 is 2.50 bits per heavy atom. The van der Waals surface area contributed by atoms with Gasteiger partial charge in [-0.1, -0.05) is 0 Å². The number of carbonyl (C=O) groups excluding carboxylic acids is 1. The van der Waals surface area contributed by atoms with Crippen molar-refractivity contribution in [1.82, 2.24) is 18.7 Å². The first-order chi connectivity index (χ1) is 13.9. The maximum Gasteiger partial charge on any atom is 0.423 e. The lowest BCUT2D eigenvalue weighted by molar-refractivity contribution is -0.388. The molecule has 11 nitrogen and oxygen atoms in total. The number of alkyl halides is 3. The zero-order valence-electron chi connectivity index (χ0n) is 15.4. The first-order valence-electron chi connectivity index (χ1n) is 8.18. The average molecular weight is 426 g/mol. The number of aromatic nitrogens is 4. The third kappa shape index (κ3) is 3.54. The Balaban J connectivity index is 1.93. The molecule has 14 heteroatoms. The third-order valence-electron chi connectivity index (χ3n) is 4.31. The van der Waals surface area contributed by atoms with Crippen molar-refractivity contribution in [3.8, 4) is 0 Å². The molecular weight excluding hydrogens is 413 g/mol. The molecule has 0 unspecified atom stereocenters. The molecule has 3 aromatic rings. The van der Waals surface area contributed by atoms with E-state index in [0.717, 1.165) is 26.1 Å². The predicted molar refractivity (Wildman–Crippen MR) is 96.9 cm³/mol. The van der Waals surface area contributed by atoms with E-state index in [1.54, 1.807) is 0 Å². The molecule has 0 atom stereocenters. The summed E-state index contributed by atoms with van der Waals surface area (Å²) in [6.45, 7) is -0.498. The maximum absolute atomic E-state index is 13.1. The smallest absolute Gasteiger partial charge is 0.325 e. The van der Waals surface area contributed by atoms with Crippen molar-refractivity contribution < 1.29 is 22.9 Å². The standard InChI is InChI=1S/C16H13F3N6O5/c1-22-13-12(14(27)23(2)15(22)28)24(7-20-13)6-11(26)21-8-3-4-10(25(29)30)9(5-8)16(17,18)19/h3-5,7H,6H2,1-2H3,(H,21,26). The quantitative estimate of drug-likeness (QED) is 0.489. The summed E-state index contributed by atoms with van der Waals surface area (Å²) in [7, 11) is 2.63. The van der Waals surface area contributed by atoms with E-state index in [2.05, 4.69) is 10.3 Å². The lowest BCUT2D eigenvalue weighted by Gasteiger charge is -2.11. The molecule has 0 bridgehead atoms. The molecule has 1 amide bonds. The maximum atomic E-state index is 13.1. The van der Waals surface area contributed by atoms with E-state index in [1.165, 1.54) is 14.1 Å². The molecule has 3 rings (SSSR count). The summed E-state index contributed by atoms with van der Waals surface area (Å²) >= 11 is 0. The highest BCUT2D eigenvalue weighted by atomic mass is 19.4. The molecule has 158 valence electrons. The van der Waals surface area contributed by atoms with Gasteiger partial charge in [-0.25, -0.2) is 9.78 Å². The SMILES string of the molecule is Cn1c(=O)c2c(ncn2CC(=O)Nc2ccc([N+](=O)[O-])c(C(F)(F)F)c2)n(C)c1=O. The second-order valence-corrected chi connectivity index (χ2v) is 6.29. The average Bonchev–Trinajstić information content (AvgIpc) is 3.07. The second kappa shape index (κ2) is 7.13. The zero-order valence-corrected chi connectivity index (χ0v) is 15.4. The van der Waals surface area contributed by atoms with Crippen LogP contribution >= 0.6 is 0 Å². The molecule has 0 radical (unpaired) electrons. The van der Waals surface area contributed by atoms with Crippen LogP contribution in [-0.2, 0) is 31.6 Å². The number of nitro groups is 1. The Morgan fingerprint density at radius 1 is 1.23 bits per heavy atom. The first kappa shape index (κ1) is 20.8. The molecule has 0 saturated carbocycles. The van der Waals surface area contributed by atoms with Crippen LogP contribution < -0.4 is 16.6 Å². The Labute approximate surface area is 164 Å². The fourth-order valence-electron chi connectivity index (χ4n) is 2.87. The van der Waals surface area contributed by atoms with E-state index < -0.39 is 46.1 Å². The molecule has 0 aliphatic carbocycles. The van der Waals surface area contributed by atoms with Gasteiger partial charge in [-0.2, -0.15) is 13.2 Å². The van der Waals surface area contributed by atoms with E-state index in [9.17, 15) is 37.7 Å². The highest BCUT2D eigenvalue weighted by molar-refractivity contribution is 5.91. The summed E-state index contributed by atoms with van der Waals surface area (Å²) in [4.78, 5) is 50.1. The lowest BCUT2D eigenvalue weighted by atomic mass is 10.1. The van der Waals surface area contributed by atoms with Crippen LogP contribution in [0.15, 0.2) is 34.1 Å². The lowest BCUT2D eigenvalue weighted by Crippen LogP contribution is -2.37. The highest BCUT2D eigenvalue weighted by Crippen LogP contribution is 2.37. The second-order valence-electron chi connectivity index (χ2n) is 6.29. The monoisotopic (exact) mass is 426 g/mol. The number of carbonyl (C=O) groups is 1. The van der Waals surface area contributed by atoms with Gasteiger partial charge in [0.05, 0.1) is 11.3 Å². The fourth-order valence-corrected chi connectivity index (χ4v) is 2.87. The number of benzene rings is 1. The number of nitrogens with one attached hydrogen (secondary N) is 1. The largest absolute Gasteiger partial charge is 0.423 e. The van der Waals surface area contributed by atoms with Gasteiger partial charge in [-0.05, 0) is 12.1 Å². The molecule has 1 aromatic carbocycles. The van der Waals surface area contributed by atoms with Crippen LogP contribution in [0.1, 0.15) is 5.56 Å². The van der Waals surface area contributed by atoms with Crippen LogP contribution in [0.2, 0.25) is 0 Å². The van der Waals surface area contributed by atoms with E-state index in [4.69, 9.17) is 0 Å². The summed E-state index contributed by atoms with van der Waals surface area (Å²) in [6.07, 6.45) is -3.86. The number of nitro benzene ring substituents is 1. The van der Waals surface area contributed by atoms with Crippen molar-refractivity contribution in [3.63, 3.8) is 0 Å². The minimum absolute atomic E-state index is 0.0330. The van der Waals surface area contributed by atoms with Crippen molar-refractivity contribution in [1.29, 1.82) is 0 Å². The van der Waals surface area contributed by atoms with E-state index in [1.807, 2.05) is 0 Å². The minimum Gasteiger partial charge on any atom is -0.325 e. The van der Waals surface area contributed by atoms with Gasteiger partial charge in [0.1, 0.15) is 12.1 Å².